The molecule has 0 unspecified atom stereocenters. The number of benzene rings is 2. The van der Waals surface area contributed by atoms with Crippen LogP contribution in [0.5, 0.6) is 17.2 Å². The molecule has 2 aromatic rings. The molecular formula is C22H27N3O6. The average molecular weight is 429 g/mol. The SMILES string of the molecule is CCOc1cc(C(=O)N/N=C(/C)c2ccc(C)c([N+](=O)[O-])c2)cc(OCC)c1OCC. The first-order valence-electron chi connectivity index (χ1n) is 9.98. The van der Waals surface area contributed by atoms with E-state index in [0.717, 1.165) is 0 Å². The van der Waals surface area contributed by atoms with Crippen molar-refractivity contribution in [2.45, 2.75) is 34.6 Å². The van der Waals surface area contributed by atoms with Crippen molar-refractivity contribution in [2.24, 2.45) is 5.10 Å². The topological polar surface area (TPSA) is 112 Å². The monoisotopic (exact) mass is 429 g/mol. The van der Waals surface area contributed by atoms with Gasteiger partial charge in [-0.1, -0.05) is 12.1 Å². The van der Waals surface area contributed by atoms with Gasteiger partial charge in [-0.25, -0.2) is 5.43 Å². The van der Waals surface area contributed by atoms with E-state index < -0.39 is 10.8 Å². The summed E-state index contributed by atoms with van der Waals surface area (Å²) in [5.74, 6) is 0.755. The molecule has 0 aliphatic rings. The molecule has 2 rings (SSSR count). The van der Waals surface area contributed by atoms with Gasteiger partial charge in [0.05, 0.1) is 30.5 Å². The van der Waals surface area contributed by atoms with Gasteiger partial charge in [-0.15, -0.1) is 0 Å². The summed E-state index contributed by atoms with van der Waals surface area (Å²) in [6.45, 7) is 10.0. The molecule has 1 amide bonds. The van der Waals surface area contributed by atoms with Crippen LogP contribution in [0.15, 0.2) is 35.4 Å². The molecule has 0 radical (unpaired) electrons. The number of aryl methyl sites for hydroxylation is 1. The number of amides is 1. The molecule has 0 saturated heterocycles. The van der Waals surface area contributed by atoms with Gasteiger partial charge in [0.15, 0.2) is 11.5 Å². The standard InChI is InChI=1S/C22H27N3O6/c1-6-29-19-12-17(13-20(30-7-2)21(19)31-8-3)22(26)24-23-15(5)16-10-9-14(4)18(11-16)25(27)28/h9-13H,6-8H2,1-5H3,(H,24,26)/b23-15-. The van der Waals surface area contributed by atoms with Crippen LogP contribution in [0.1, 0.15) is 49.2 Å². The van der Waals surface area contributed by atoms with E-state index in [1.54, 1.807) is 38.1 Å². The molecule has 1 N–H and O–H groups in total. The molecule has 0 atom stereocenters. The number of nitrogens with zero attached hydrogens (tertiary/aromatic N) is 2. The Bertz CT molecular complexity index is 960. The Morgan fingerprint density at radius 3 is 2.10 bits per heavy atom. The molecule has 2 aromatic carbocycles. The summed E-state index contributed by atoms with van der Waals surface area (Å²) in [5.41, 5.74) is 4.26. The second-order valence-corrected chi connectivity index (χ2v) is 6.50. The van der Waals surface area contributed by atoms with Crippen molar-refractivity contribution in [1.82, 2.24) is 5.43 Å². The van der Waals surface area contributed by atoms with Gasteiger partial charge >= 0.3 is 0 Å². The van der Waals surface area contributed by atoms with E-state index in [1.807, 2.05) is 20.8 Å². The van der Waals surface area contributed by atoms with Crippen LogP contribution >= 0.6 is 0 Å². The van der Waals surface area contributed by atoms with E-state index in [4.69, 9.17) is 14.2 Å². The number of hydrogen-bond acceptors (Lipinski definition) is 7. The second kappa shape index (κ2) is 11.0. The van der Waals surface area contributed by atoms with Gasteiger partial charge in [0.1, 0.15) is 0 Å². The van der Waals surface area contributed by atoms with Gasteiger partial charge in [0, 0.05) is 22.8 Å². The number of ether oxygens (including phenoxy) is 3. The predicted octanol–water partition coefficient (Wildman–Crippen LogP) is 4.25. The number of rotatable bonds is 10. The zero-order chi connectivity index (χ0) is 23.0. The van der Waals surface area contributed by atoms with Crippen molar-refractivity contribution in [1.29, 1.82) is 0 Å². The molecule has 0 aliphatic carbocycles. The third-order valence-corrected chi connectivity index (χ3v) is 4.32. The Balaban J connectivity index is 2.32. The molecule has 9 nitrogen and oxygen atoms in total. The zero-order valence-corrected chi connectivity index (χ0v) is 18.4. The summed E-state index contributed by atoms with van der Waals surface area (Å²) in [6.07, 6.45) is 0. The molecule has 0 aromatic heterocycles. The first-order chi connectivity index (χ1) is 14.8. The highest BCUT2D eigenvalue weighted by atomic mass is 16.6. The van der Waals surface area contributed by atoms with Gasteiger partial charge in [-0.3, -0.25) is 14.9 Å². The smallest absolute Gasteiger partial charge is 0.272 e. The molecule has 166 valence electrons. The van der Waals surface area contributed by atoms with Gasteiger partial charge in [-0.05, 0) is 46.8 Å². The van der Waals surface area contributed by atoms with Gasteiger partial charge < -0.3 is 14.2 Å². The normalized spacial score (nSPS) is 11.1. The Hall–Kier alpha value is -3.62. The maximum Gasteiger partial charge on any atom is 0.272 e. The van der Waals surface area contributed by atoms with E-state index in [2.05, 4.69) is 10.5 Å². The molecule has 0 bridgehead atoms. The third kappa shape index (κ3) is 5.94. The maximum absolute atomic E-state index is 12.7. The van der Waals surface area contributed by atoms with Crippen LogP contribution in [0, 0.1) is 17.0 Å². The van der Waals surface area contributed by atoms with Crippen LogP contribution in [0.25, 0.3) is 0 Å². The minimum Gasteiger partial charge on any atom is -0.490 e. The number of carbonyl (C=O) groups excluding carboxylic acids is 1. The lowest BCUT2D eigenvalue weighted by atomic mass is 10.1. The summed E-state index contributed by atoms with van der Waals surface area (Å²) in [5, 5.41) is 15.2. The van der Waals surface area contributed by atoms with Crippen molar-refractivity contribution in [3.63, 3.8) is 0 Å². The molecule has 0 spiro atoms. The van der Waals surface area contributed by atoms with Gasteiger partial charge in [0.25, 0.3) is 11.6 Å². The summed E-state index contributed by atoms with van der Waals surface area (Å²) in [4.78, 5) is 23.4. The summed E-state index contributed by atoms with van der Waals surface area (Å²) in [6, 6.07) is 7.91. The van der Waals surface area contributed by atoms with Crippen LogP contribution in [-0.2, 0) is 0 Å². The fraction of sp³-hybridized carbons (Fsp3) is 0.364. The van der Waals surface area contributed by atoms with Crippen molar-refractivity contribution >= 4 is 17.3 Å². The molecule has 0 fully saturated rings. The number of nitro benzene ring substituents is 1. The number of hydrogen-bond donors (Lipinski definition) is 1. The highest BCUT2D eigenvalue weighted by Gasteiger charge is 2.18. The van der Waals surface area contributed by atoms with Crippen LogP contribution in [0.2, 0.25) is 0 Å². The summed E-state index contributed by atoms with van der Waals surface area (Å²) >= 11 is 0. The number of nitrogens with one attached hydrogen (secondary N) is 1. The molecule has 0 saturated carbocycles. The first-order valence-corrected chi connectivity index (χ1v) is 9.98. The van der Waals surface area contributed by atoms with Crippen molar-refractivity contribution < 1.29 is 23.9 Å². The Morgan fingerprint density at radius 1 is 1.00 bits per heavy atom. The van der Waals surface area contributed by atoms with Crippen LogP contribution in [0.4, 0.5) is 5.69 Å². The van der Waals surface area contributed by atoms with E-state index in [1.165, 1.54) is 6.07 Å². The van der Waals surface area contributed by atoms with Gasteiger partial charge in [-0.2, -0.15) is 5.10 Å². The lowest BCUT2D eigenvalue weighted by Gasteiger charge is -2.16. The Labute approximate surface area is 181 Å². The number of carbonyl (C=O) groups is 1. The molecule has 0 aliphatic heterocycles. The quantitative estimate of drug-likeness (QED) is 0.343. The molecule has 31 heavy (non-hydrogen) atoms. The maximum atomic E-state index is 12.7. The number of hydrazone groups is 1. The van der Waals surface area contributed by atoms with Gasteiger partial charge in [0.2, 0.25) is 5.75 Å². The summed E-state index contributed by atoms with van der Waals surface area (Å²) < 4.78 is 16.9. The lowest BCUT2D eigenvalue weighted by molar-refractivity contribution is -0.385. The lowest BCUT2D eigenvalue weighted by Crippen LogP contribution is -2.20. The summed E-state index contributed by atoms with van der Waals surface area (Å²) in [7, 11) is 0. The van der Waals surface area contributed by atoms with E-state index in [9.17, 15) is 14.9 Å². The Kier molecular flexibility index (Phi) is 8.36. The van der Waals surface area contributed by atoms with E-state index >= 15 is 0 Å². The largest absolute Gasteiger partial charge is 0.490 e. The van der Waals surface area contributed by atoms with Crippen molar-refractivity contribution in [2.75, 3.05) is 19.8 Å². The Morgan fingerprint density at radius 2 is 1.58 bits per heavy atom. The fourth-order valence-corrected chi connectivity index (χ4v) is 2.81. The predicted molar refractivity (Wildman–Crippen MR) is 117 cm³/mol. The number of nitro groups is 1. The minimum absolute atomic E-state index is 0.00685. The van der Waals surface area contributed by atoms with E-state index in [0.29, 0.717) is 53.9 Å². The minimum atomic E-state index is -0.481. The highest BCUT2D eigenvalue weighted by Crippen LogP contribution is 2.39. The van der Waals surface area contributed by atoms with Crippen molar-refractivity contribution in [3.8, 4) is 17.2 Å². The molecule has 0 heterocycles. The first kappa shape index (κ1) is 23.7. The average Bonchev–Trinajstić information content (AvgIpc) is 2.74. The van der Waals surface area contributed by atoms with E-state index in [-0.39, 0.29) is 11.3 Å². The zero-order valence-electron chi connectivity index (χ0n) is 18.4. The third-order valence-electron chi connectivity index (χ3n) is 4.32. The molecular weight excluding hydrogens is 402 g/mol. The van der Waals surface area contributed by atoms with Crippen LogP contribution in [-0.4, -0.2) is 36.4 Å². The van der Waals surface area contributed by atoms with Crippen molar-refractivity contribution in [3.05, 3.63) is 57.1 Å². The molecule has 9 heteroatoms. The van der Waals surface area contributed by atoms with Crippen LogP contribution in [0.3, 0.4) is 0 Å². The highest BCUT2D eigenvalue weighted by molar-refractivity contribution is 6.01. The fourth-order valence-electron chi connectivity index (χ4n) is 2.81. The second-order valence-electron chi connectivity index (χ2n) is 6.50. The van der Waals surface area contributed by atoms with Crippen LogP contribution < -0.4 is 19.6 Å².